The minimum absolute atomic E-state index is 0.232. The van der Waals surface area contributed by atoms with Crippen LogP contribution in [-0.2, 0) is 6.54 Å². The van der Waals surface area contributed by atoms with Crippen molar-refractivity contribution >= 4 is 17.5 Å². The van der Waals surface area contributed by atoms with Crippen LogP contribution in [0.15, 0.2) is 42.6 Å². The second-order valence-electron chi connectivity index (χ2n) is 4.18. The average molecular weight is 300 g/mol. The summed E-state index contributed by atoms with van der Waals surface area (Å²) in [5, 5.41) is 3.40. The first-order valence-corrected chi connectivity index (χ1v) is 6.75. The summed E-state index contributed by atoms with van der Waals surface area (Å²) in [6.45, 7) is 0.564. The van der Waals surface area contributed by atoms with Gasteiger partial charge in [-0.25, -0.2) is 4.98 Å². The maximum atomic E-state index is 12.2. The summed E-state index contributed by atoms with van der Waals surface area (Å²) in [5.74, 6) is 5.26. The fourth-order valence-electron chi connectivity index (χ4n) is 1.73. The lowest BCUT2D eigenvalue weighted by Crippen LogP contribution is -2.24. The summed E-state index contributed by atoms with van der Waals surface area (Å²) in [5.41, 5.74) is 7.03. The van der Waals surface area contributed by atoms with Crippen LogP contribution in [0, 0.1) is 11.8 Å². The van der Waals surface area contributed by atoms with Gasteiger partial charge >= 0.3 is 0 Å². The highest BCUT2D eigenvalue weighted by molar-refractivity contribution is 6.31. The maximum absolute atomic E-state index is 12.2. The first-order valence-electron chi connectivity index (χ1n) is 6.38. The quantitative estimate of drug-likeness (QED) is 0.852. The zero-order chi connectivity index (χ0) is 15.1. The highest BCUT2D eigenvalue weighted by atomic mass is 35.5. The SMILES string of the molecule is NCC#Cc1cccnc1C(=O)NCc1ccccc1Cl. The van der Waals surface area contributed by atoms with E-state index in [1.165, 1.54) is 0 Å². The molecule has 0 aliphatic rings. The molecule has 21 heavy (non-hydrogen) atoms. The van der Waals surface area contributed by atoms with Gasteiger partial charge in [0.1, 0.15) is 5.69 Å². The number of halogens is 1. The van der Waals surface area contributed by atoms with Crippen molar-refractivity contribution in [2.75, 3.05) is 6.54 Å². The number of aromatic nitrogens is 1. The van der Waals surface area contributed by atoms with Crippen molar-refractivity contribution in [2.24, 2.45) is 5.73 Å². The number of carbonyl (C=O) groups excluding carboxylic acids is 1. The van der Waals surface area contributed by atoms with Gasteiger partial charge < -0.3 is 11.1 Å². The fraction of sp³-hybridized carbons (Fsp3) is 0.125. The van der Waals surface area contributed by atoms with E-state index in [-0.39, 0.29) is 18.1 Å². The van der Waals surface area contributed by atoms with Gasteiger partial charge in [0, 0.05) is 17.8 Å². The van der Waals surface area contributed by atoms with Crippen molar-refractivity contribution in [2.45, 2.75) is 6.54 Å². The van der Waals surface area contributed by atoms with Gasteiger partial charge in [-0.15, -0.1) is 0 Å². The zero-order valence-corrected chi connectivity index (χ0v) is 12.0. The number of amides is 1. The minimum Gasteiger partial charge on any atom is -0.347 e. The molecule has 0 bridgehead atoms. The van der Waals surface area contributed by atoms with Gasteiger partial charge in [0.05, 0.1) is 12.1 Å². The third-order valence-corrected chi connectivity index (χ3v) is 3.11. The number of pyridine rings is 1. The van der Waals surface area contributed by atoms with Gasteiger partial charge in [0.15, 0.2) is 0 Å². The zero-order valence-electron chi connectivity index (χ0n) is 11.3. The predicted octanol–water partition coefficient (Wildman–Crippen LogP) is 1.98. The number of benzene rings is 1. The second kappa shape index (κ2) is 7.44. The molecule has 0 unspecified atom stereocenters. The number of carbonyl (C=O) groups is 1. The molecular formula is C16H14ClN3O. The van der Waals surface area contributed by atoms with E-state index in [1.54, 1.807) is 24.4 Å². The molecule has 0 atom stereocenters. The van der Waals surface area contributed by atoms with E-state index < -0.39 is 0 Å². The molecule has 1 heterocycles. The maximum Gasteiger partial charge on any atom is 0.271 e. The monoisotopic (exact) mass is 299 g/mol. The van der Waals surface area contributed by atoms with Crippen molar-refractivity contribution in [3.63, 3.8) is 0 Å². The van der Waals surface area contributed by atoms with Crippen molar-refractivity contribution in [1.29, 1.82) is 0 Å². The lowest BCUT2D eigenvalue weighted by molar-refractivity contribution is 0.0945. The lowest BCUT2D eigenvalue weighted by Gasteiger charge is -2.07. The number of nitrogens with zero attached hydrogens (tertiary/aromatic N) is 1. The molecule has 0 saturated heterocycles. The van der Waals surface area contributed by atoms with Crippen LogP contribution in [0.25, 0.3) is 0 Å². The molecule has 106 valence electrons. The highest BCUT2D eigenvalue weighted by Gasteiger charge is 2.11. The van der Waals surface area contributed by atoms with Crippen molar-refractivity contribution in [3.05, 3.63) is 64.4 Å². The van der Waals surface area contributed by atoms with Crippen molar-refractivity contribution < 1.29 is 4.79 Å². The Hall–Kier alpha value is -2.35. The fourth-order valence-corrected chi connectivity index (χ4v) is 1.94. The normalized spacial score (nSPS) is 9.62. The van der Waals surface area contributed by atoms with Gasteiger partial charge in [-0.3, -0.25) is 4.79 Å². The summed E-state index contributed by atoms with van der Waals surface area (Å²) in [6.07, 6.45) is 1.55. The van der Waals surface area contributed by atoms with E-state index in [0.29, 0.717) is 17.1 Å². The number of rotatable bonds is 3. The lowest BCUT2D eigenvalue weighted by atomic mass is 10.1. The van der Waals surface area contributed by atoms with Crippen LogP contribution in [0.3, 0.4) is 0 Å². The largest absolute Gasteiger partial charge is 0.347 e. The molecule has 2 rings (SSSR count). The van der Waals surface area contributed by atoms with E-state index in [1.807, 2.05) is 18.2 Å². The van der Waals surface area contributed by atoms with E-state index in [0.717, 1.165) is 5.56 Å². The van der Waals surface area contributed by atoms with E-state index in [2.05, 4.69) is 22.1 Å². The van der Waals surface area contributed by atoms with Crippen LogP contribution >= 0.6 is 11.6 Å². The summed E-state index contributed by atoms with van der Waals surface area (Å²) in [4.78, 5) is 16.3. The average Bonchev–Trinajstić information content (AvgIpc) is 2.52. The summed E-state index contributed by atoms with van der Waals surface area (Å²) < 4.78 is 0. The Kier molecular flexibility index (Phi) is 5.33. The Morgan fingerprint density at radius 3 is 2.86 bits per heavy atom. The molecule has 0 aliphatic heterocycles. The van der Waals surface area contributed by atoms with Crippen LogP contribution in [0.2, 0.25) is 5.02 Å². The van der Waals surface area contributed by atoms with E-state index in [4.69, 9.17) is 17.3 Å². The number of hydrogen-bond donors (Lipinski definition) is 2. The molecule has 4 nitrogen and oxygen atoms in total. The number of nitrogens with two attached hydrogens (primary N) is 1. The Morgan fingerprint density at radius 1 is 1.29 bits per heavy atom. The molecule has 1 amide bonds. The van der Waals surface area contributed by atoms with Gasteiger partial charge in [-0.1, -0.05) is 41.6 Å². The molecule has 1 aromatic carbocycles. The molecule has 0 spiro atoms. The standard InChI is InChI=1S/C16H14ClN3O/c17-14-8-2-1-5-13(14)11-20-16(21)15-12(6-3-9-18)7-4-10-19-15/h1-2,4-5,7-8,10H,9,11,18H2,(H,20,21). The van der Waals surface area contributed by atoms with Crippen LogP contribution in [0.4, 0.5) is 0 Å². The smallest absolute Gasteiger partial charge is 0.271 e. The van der Waals surface area contributed by atoms with Gasteiger partial charge in [-0.05, 0) is 23.8 Å². The highest BCUT2D eigenvalue weighted by Crippen LogP contribution is 2.14. The molecule has 0 fully saturated rings. The van der Waals surface area contributed by atoms with Crippen LogP contribution in [-0.4, -0.2) is 17.4 Å². The Labute approximate surface area is 128 Å². The predicted molar refractivity (Wildman–Crippen MR) is 82.8 cm³/mol. The third-order valence-electron chi connectivity index (χ3n) is 2.75. The molecule has 3 N–H and O–H groups in total. The molecule has 0 aliphatic carbocycles. The summed E-state index contributed by atoms with van der Waals surface area (Å²) >= 11 is 6.05. The van der Waals surface area contributed by atoms with E-state index >= 15 is 0 Å². The molecule has 1 aromatic heterocycles. The van der Waals surface area contributed by atoms with Crippen molar-refractivity contribution in [1.82, 2.24) is 10.3 Å². The first kappa shape index (κ1) is 15.0. The Morgan fingerprint density at radius 2 is 2.10 bits per heavy atom. The van der Waals surface area contributed by atoms with Gasteiger partial charge in [0.2, 0.25) is 0 Å². The minimum atomic E-state index is -0.295. The van der Waals surface area contributed by atoms with Gasteiger partial charge in [0.25, 0.3) is 5.91 Å². The van der Waals surface area contributed by atoms with Gasteiger partial charge in [-0.2, -0.15) is 0 Å². The third kappa shape index (κ3) is 4.06. The molecule has 2 aromatic rings. The molecular weight excluding hydrogens is 286 g/mol. The van der Waals surface area contributed by atoms with E-state index in [9.17, 15) is 4.79 Å². The molecule has 5 heteroatoms. The molecule has 0 saturated carbocycles. The second-order valence-corrected chi connectivity index (χ2v) is 4.59. The number of nitrogens with one attached hydrogen (secondary N) is 1. The van der Waals surface area contributed by atoms with Crippen LogP contribution < -0.4 is 11.1 Å². The van der Waals surface area contributed by atoms with Crippen LogP contribution in [0.1, 0.15) is 21.6 Å². The Balaban J connectivity index is 2.12. The topological polar surface area (TPSA) is 68.0 Å². The number of hydrogen-bond acceptors (Lipinski definition) is 3. The molecule has 0 radical (unpaired) electrons. The van der Waals surface area contributed by atoms with Crippen LogP contribution in [0.5, 0.6) is 0 Å². The first-order chi connectivity index (χ1) is 10.2. The summed E-state index contributed by atoms with van der Waals surface area (Å²) in [7, 11) is 0. The Bertz CT molecular complexity index is 704. The van der Waals surface area contributed by atoms with Crippen molar-refractivity contribution in [3.8, 4) is 11.8 Å². The summed E-state index contributed by atoms with van der Waals surface area (Å²) in [6, 6.07) is 10.8.